The van der Waals surface area contributed by atoms with E-state index in [1.165, 1.54) is 12.1 Å². The molecule has 0 aliphatic rings. The van der Waals surface area contributed by atoms with Crippen molar-refractivity contribution in [3.05, 3.63) is 57.5 Å². The summed E-state index contributed by atoms with van der Waals surface area (Å²) in [5.41, 5.74) is 0.211. The highest BCUT2D eigenvalue weighted by atomic mass is 79.9. The number of rotatable bonds is 3. The van der Waals surface area contributed by atoms with Crippen LogP contribution in [-0.4, -0.2) is 8.42 Å². The molecule has 0 aliphatic heterocycles. The van der Waals surface area contributed by atoms with Gasteiger partial charge in [0.15, 0.2) is 11.6 Å². The summed E-state index contributed by atoms with van der Waals surface area (Å²) >= 11 is 9.01. The van der Waals surface area contributed by atoms with E-state index >= 15 is 0 Å². The molecule has 0 heterocycles. The van der Waals surface area contributed by atoms with E-state index in [4.69, 9.17) is 11.6 Å². The van der Waals surface area contributed by atoms with Gasteiger partial charge in [-0.1, -0.05) is 11.6 Å². The first-order valence-corrected chi connectivity index (χ1v) is 7.88. The second-order valence-electron chi connectivity index (χ2n) is 3.81. The van der Waals surface area contributed by atoms with Crippen molar-refractivity contribution in [1.82, 2.24) is 0 Å². The Morgan fingerprint density at radius 3 is 2.35 bits per heavy atom. The summed E-state index contributed by atoms with van der Waals surface area (Å²) in [4.78, 5) is -0.379. The van der Waals surface area contributed by atoms with E-state index in [2.05, 4.69) is 20.7 Å². The van der Waals surface area contributed by atoms with Crippen LogP contribution in [0.5, 0.6) is 0 Å². The molecule has 2 aromatic rings. The SMILES string of the molecule is O=S(=O)(Nc1ccc(Br)c(Cl)c1)c1ccc(F)c(F)c1. The topological polar surface area (TPSA) is 46.2 Å². The van der Waals surface area contributed by atoms with Gasteiger partial charge in [-0.05, 0) is 52.3 Å². The van der Waals surface area contributed by atoms with Gasteiger partial charge in [-0.2, -0.15) is 0 Å². The molecule has 0 saturated heterocycles. The number of hydrogen-bond acceptors (Lipinski definition) is 2. The maximum absolute atomic E-state index is 13.1. The fraction of sp³-hybridized carbons (Fsp3) is 0. The molecule has 2 rings (SSSR count). The molecular formula is C12H7BrClF2NO2S. The van der Waals surface area contributed by atoms with Crippen LogP contribution < -0.4 is 4.72 Å². The van der Waals surface area contributed by atoms with Gasteiger partial charge >= 0.3 is 0 Å². The van der Waals surface area contributed by atoms with E-state index < -0.39 is 21.7 Å². The summed E-state index contributed by atoms with van der Waals surface area (Å²) in [6.07, 6.45) is 0. The summed E-state index contributed by atoms with van der Waals surface area (Å²) in [7, 11) is -4.01. The molecular weight excluding hydrogens is 376 g/mol. The van der Waals surface area contributed by atoms with E-state index in [9.17, 15) is 17.2 Å². The quantitative estimate of drug-likeness (QED) is 0.865. The lowest BCUT2D eigenvalue weighted by Gasteiger charge is -2.09. The summed E-state index contributed by atoms with van der Waals surface area (Å²) in [6.45, 7) is 0. The average Bonchev–Trinajstić information content (AvgIpc) is 2.37. The van der Waals surface area contributed by atoms with Gasteiger partial charge in [0.2, 0.25) is 0 Å². The van der Waals surface area contributed by atoms with Crippen LogP contribution in [0, 0.1) is 11.6 Å². The molecule has 0 aliphatic carbocycles. The van der Waals surface area contributed by atoms with Crippen LogP contribution in [-0.2, 0) is 10.0 Å². The number of halogens is 4. The molecule has 0 radical (unpaired) electrons. The van der Waals surface area contributed by atoms with Crippen molar-refractivity contribution in [2.75, 3.05) is 4.72 Å². The Kier molecular flexibility index (Phi) is 4.31. The first-order chi connectivity index (χ1) is 9.29. The highest BCUT2D eigenvalue weighted by molar-refractivity contribution is 9.10. The Morgan fingerprint density at radius 2 is 1.75 bits per heavy atom. The number of anilines is 1. The smallest absolute Gasteiger partial charge is 0.261 e. The van der Waals surface area contributed by atoms with Crippen molar-refractivity contribution in [3.8, 4) is 0 Å². The van der Waals surface area contributed by atoms with Gasteiger partial charge in [-0.3, -0.25) is 4.72 Å². The van der Waals surface area contributed by atoms with E-state index in [0.29, 0.717) is 15.6 Å². The fourth-order valence-corrected chi connectivity index (χ4v) is 2.91. The zero-order valence-electron chi connectivity index (χ0n) is 9.70. The standard InChI is InChI=1S/C12H7BrClF2NO2S/c13-9-3-1-7(5-10(9)14)17-20(18,19)8-2-4-11(15)12(16)6-8/h1-6,17H. The van der Waals surface area contributed by atoms with Crippen molar-refractivity contribution in [2.24, 2.45) is 0 Å². The summed E-state index contributed by atoms with van der Waals surface area (Å²) in [5, 5.41) is 0.315. The Hall–Kier alpha value is -1.18. The molecule has 0 atom stereocenters. The highest BCUT2D eigenvalue weighted by Crippen LogP contribution is 2.27. The maximum atomic E-state index is 13.1. The van der Waals surface area contributed by atoms with Crippen molar-refractivity contribution >= 4 is 43.2 Å². The Balaban J connectivity index is 2.35. The van der Waals surface area contributed by atoms with Crippen molar-refractivity contribution in [1.29, 1.82) is 0 Å². The van der Waals surface area contributed by atoms with Crippen LogP contribution in [0.25, 0.3) is 0 Å². The van der Waals surface area contributed by atoms with Gasteiger partial charge in [-0.15, -0.1) is 0 Å². The third-order valence-corrected chi connectivity index (χ3v) is 4.98. The van der Waals surface area contributed by atoms with Crippen molar-refractivity contribution in [2.45, 2.75) is 4.90 Å². The summed E-state index contributed by atoms with van der Waals surface area (Å²) in [6, 6.07) is 6.76. The van der Waals surface area contributed by atoms with Crippen LogP contribution >= 0.6 is 27.5 Å². The lowest BCUT2D eigenvalue weighted by molar-refractivity contribution is 0.504. The normalized spacial score (nSPS) is 11.4. The van der Waals surface area contributed by atoms with Crippen LogP contribution in [0.1, 0.15) is 0 Å². The minimum absolute atomic E-state index is 0.211. The Morgan fingerprint density at radius 1 is 1.05 bits per heavy atom. The highest BCUT2D eigenvalue weighted by Gasteiger charge is 2.17. The Bertz CT molecular complexity index is 768. The zero-order valence-corrected chi connectivity index (χ0v) is 12.9. The zero-order chi connectivity index (χ0) is 14.9. The lowest BCUT2D eigenvalue weighted by atomic mass is 10.3. The minimum atomic E-state index is -4.01. The van der Waals surface area contributed by atoms with Crippen molar-refractivity contribution in [3.63, 3.8) is 0 Å². The third-order valence-electron chi connectivity index (χ3n) is 2.37. The third kappa shape index (κ3) is 3.28. The molecule has 0 saturated carbocycles. The maximum Gasteiger partial charge on any atom is 0.261 e. The molecule has 3 nitrogen and oxygen atoms in total. The molecule has 1 N–H and O–H groups in total. The molecule has 8 heteroatoms. The second kappa shape index (κ2) is 5.67. The molecule has 0 amide bonds. The molecule has 2 aromatic carbocycles. The van der Waals surface area contributed by atoms with Gasteiger partial charge < -0.3 is 0 Å². The van der Waals surface area contributed by atoms with Crippen LogP contribution in [0.2, 0.25) is 5.02 Å². The van der Waals surface area contributed by atoms with E-state index in [0.717, 1.165) is 12.1 Å². The predicted octanol–water partition coefficient (Wildman–Crippen LogP) is 4.18. The molecule has 106 valence electrons. The van der Waals surface area contributed by atoms with E-state index in [1.54, 1.807) is 6.07 Å². The minimum Gasteiger partial charge on any atom is -0.280 e. The lowest BCUT2D eigenvalue weighted by Crippen LogP contribution is -2.13. The first kappa shape index (κ1) is 15.2. The van der Waals surface area contributed by atoms with E-state index in [1.807, 2.05) is 0 Å². The number of nitrogens with one attached hydrogen (secondary N) is 1. The van der Waals surface area contributed by atoms with Crippen molar-refractivity contribution < 1.29 is 17.2 Å². The van der Waals surface area contributed by atoms with Crippen LogP contribution in [0.3, 0.4) is 0 Å². The Labute approximate surface area is 127 Å². The number of hydrogen-bond donors (Lipinski definition) is 1. The molecule has 0 fully saturated rings. The number of benzene rings is 2. The van der Waals surface area contributed by atoms with Gasteiger partial charge in [0, 0.05) is 4.47 Å². The summed E-state index contributed by atoms with van der Waals surface area (Å²) in [5.74, 6) is -2.35. The molecule has 0 aromatic heterocycles. The fourth-order valence-electron chi connectivity index (χ4n) is 1.42. The van der Waals surface area contributed by atoms with Gasteiger partial charge in [-0.25, -0.2) is 17.2 Å². The van der Waals surface area contributed by atoms with Crippen LogP contribution in [0.4, 0.5) is 14.5 Å². The molecule has 20 heavy (non-hydrogen) atoms. The molecule has 0 unspecified atom stereocenters. The number of sulfonamides is 1. The van der Waals surface area contributed by atoms with Gasteiger partial charge in [0.05, 0.1) is 15.6 Å². The largest absolute Gasteiger partial charge is 0.280 e. The van der Waals surface area contributed by atoms with Crippen LogP contribution in [0.15, 0.2) is 45.8 Å². The molecule has 0 spiro atoms. The average molecular weight is 383 g/mol. The first-order valence-electron chi connectivity index (χ1n) is 5.22. The second-order valence-corrected chi connectivity index (χ2v) is 6.75. The van der Waals surface area contributed by atoms with Gasteiger partial charge in [0.1, 0.15) is 0 Å². The van der Waals surface area contributed by atoms with E-state index in [-0.39, 0.29) is 10.6 Å². The predicted molar refractivity (Wildman–Crippen MR) is 76.3 cm³/mol. The monoisotopic (exact) mass is 381 g/mol. The van der Waals surface area contributed by atoms with Gasteiger partial charge in [0.25, 0.3) is 10.0 Å². The summed E-state index contributed by atoms with van der Waals surface area (Å²) < 4.78 is 52.7. The molecule has 0 bridgehead atoms.